The molecule has 1 aromatic rings. The lowest BCUT2D eigenvalue weighted by Crippen LogP contribution is -2.43. The van der Waals surface area contributed by atoms with E-state index >= 15 is 0 Å². The zero-order chi connectivity index (χ0) is 16.2. The molecule has 1 fully saturated rings. The molecule has 1 aromatic carbocycles. The Balaban J connectivity index is 1.94. The van der Waals surface area contributed by atoms with Crippen molar-refractivity contribution < 1.29 is 9.90 Å². The molecule has 0 aliphatic heterocycles. The second kappa shape index (κ2) is 7.28. The standard InChI is InChI=1S/C19H29NO2/c1-4-19(2,3)15-11-8-12-16(13-15)20-18(22)17(21)14-9-6-5-7-10-14/h5-7,9-10,15-17,21H,4,8,11-13H2,1-3H3,(H,20,22)/t15-,16+,17+/m1/s1. The summed E-state index contributed by atoms with van der Waals surface area (Å²) in [4.78, 5) is 12.3. The zero-order valence-corrected chi connectivity index (χ0v) is 14.0. The fraction of sp³-hybridized carbons (Fsp3) is 0.632. The fourth-order valence-electron chi connectivity index (χ4n) is 3.39. The molecule has 2 rings (SSSR count). The van der Waals surface area contributed by atoms with Gasteiger partial charge in [-0.25, -0.2) is 0 Å². The highest BCUT2D eigenvalue weighted by Gasteiger charge is 2.33. The van der Waals surface area contributed by atoms with E-state index < -0.39 is 6.10 Å². The van der Waals surface area contributed by atoms with Crippen LogP contribution in [0.3, 0.4) is 0 Å². The highest BCUT2D eigenvalue weighted by Crippen LogP contribution is 2.40. The molecule has 0 aromatic heterocycles. The molecule has 3 atom stereocenters. The molecule has 0 radical (unpaired) electrons. The summed E-state index contributed by atoms with van der Waals surface area (Å²) in [5.41, 5.74) is 0.975. The average molecular weight is 303 g/mol. The van der Waals surface area contributed by atoms with E-state index in [4.69, 9.17) is 0 Å². The van der Waals surface area contributed by atoms with Crippen molar-refractivity contribution in [3.63, 3.8) is 0 Å². The van der Waals surface area contributed by atoms with E-state index in [0.717, 1.165) is 25.7 Å². The predicted octanol–water partition coefficient (Wildman–Crippen LogP) is 3.83. The van der Waals surface area contributed by atoms with Crippen molar-refractivity contribution in [2.75, 3.05) is 0 Å². The van der Waals surface area contributed by atoms with Gasteiger partial charge in [0.1, 0.15) is 0 Å². The molecule has 0 unspecified atom stereocenters. The van der Waals surface area contributed by atoms with Crippen LogP contribution in [0.15, 0.2) is 30.3 Å². The molecular weight excluding hydrogens is 274 g/mol. The number of rotatable bonds is 5. The quantitative estimate of drug-likeness (QED) is 0.868. The highest BCUT2D eigenvalue weighted by molar-refractivity contribution is 5.82. The van der Waals surface area contributed by atoms with Crippen LogP contribution in [0.4, 0.5) is 0 Å². The summed E-state index contributed by atoms with van der Waals surface area (Å²) in [6, 6.07) is 9.32. The zero-order valence-electron chi connectivity index (χ0n) is 14.0. The average Bonchev–Trinajstić information content (AvgIpc) is 2.55. The van der Waals surface area contributed by atoms with E-state index in [1.807, 2.05) is 18.2 Å². The van der Waals surface area contributed by atoms with Gasteiger partial charge in [-0.2, -0.15) is 0 Å². The van der Waals surface area contributed by atoms with Crippen LogP contribution in [0.2, 0.25) is 0 Å². The van der Waals surface area contributed by atoms with E-state index in [1.54, 1.807) is 12.1 Å². The first-order valence-electron chi connectivity index (χ1n) is 8.47. The molecule has 1 aliphatic rings. The van der Waals surface area contributed by atoms with E-state index in [-0.39, 0.29) is 11.9 Å². The van der Waals surface area contributed by atoms with Gasteiger partial charge in [0.2, 0.25) is 0 Å². The third-order valence-corrected chi connectivity index (χ3v) is 5.40. The molecule has 0 bridgehead atoms. The number of carbonyl (C=O) groups excluding carboxylic acids is 1. The van der Waals surface area contributed by atoms with Crippen molar-refractivity contribution in [3.8, 4) is 0 Å². The fourth-order valence-corrected chi connectivity index (χ4v) is 3.39. The number of carbonyl (C=O) groups is 1. The minimum atomic E-state index is -1.07. The van der Waals surface area contributed by atoms with E-state index in [1.165, 1.54) is 6.42 Å². The van der Waals surface area contributed by atoms with Gasteiger partial charge in [-0.3, -0.25) is 4.79 Å². The van der Waals surface area contributed by atoms with Crippen LogP contribution < -0.4 is 5.32 Å². The first kappa shape index (κ1) is 17.0. The predicted molar refractivity (Wildman–Crippen MR) is 89.4 cm³/mol. The maximum Gasteiger partial charge on any atom is 0.253 e. The lowest BCUT2D eigenvalue weighted by Gasteiger charge is -2.40. The Kier molecular flexibility index (Phi) is 5.63. The van der Waals surface area contributed by atoms with Gasteiger partial charge in [-0.1, -0.05) is 63.9 Å². The van der Waals surface area contributed by atoms with Crippen LogP contribution in [0.1, 0.15) is 64.5 Å². The monoisotopic (exact) mass is 303 g/mol. The molecule has 1 aliphatic carbocycles. The maximum atomic E-state index is 12.3. The minimum Gasteiger partial charge on any atom is -0.378 e. The van der Waals surface area contributed by atoms with Crippen LogP contribution in [-0.2, 0) is 4.79 Å². The number of nitrogens with one attached hydrogen (secondary N) is 1. The van der Waals surface area contributed by atoms with Gasteiger partial charge >= 0.3 is 0 Å². The summed E-state index contributed by atoms with van der Waals surface area (Å²) < 4.78 is 0. The van der Waals surface area contributed by atoms with Crippen molar-refractivity contribution >= 4 is 5.91 Å². The second-order valence-electron chi connectivity index (χ2n) is 7.22. The highest BCUT2D eigenvalue weighted by atomic mass is 16.3. The Morgan fingerprint density at radius 3 is 2.64 bits per heavy atom. The van der Waals surface area contributed by atoms with E-state index in [2.05, 4.69) is 26.1 Å². The smallest absolute Gasteiger partial charge is 0.253 e. The Labute approximate surface area is 134 Å². The van der Waals surface area contributed by atoms with Gasteiger partial charge in [0.15, 0.2) is 6.10 Å². The van der Waals surface area contributed by atoms with E-state index in [0.29, 0.717) is 16.9 Å². The van der Waals surface area contributed by atoms with Gasteiger partial charge in [0, 0.05) is 6.04 Å². The number of amides is 1. The Hall–Kier alpha value is -1.35. The summed E-state index contributed by atoms with van der Waals surface area (Å²) >= 11 is 0. The van der Waals surface area contributed by atoms with Crippen LogP contribution in [-0.4, -0.2) is 17.1 Å². The molecule has 3 nitrogen and oxygen atoms in total. The van der Waals surface area contributed by atoms with Crippen molar-refractivity contribution in [1.29, 1.82) is 0 Å². The van der Waals surface area contributed by atoms with Gasteiger partial charge in [-0.15, -0.1) is 0 Å². The largest absolute Gasteiger partial charge is 0.378 e. The lowest BCUT2D eigenvalue weighted by molar-refractivity contribution is -0.130. The minimum absolute atomic E-state index is 0.190. The number of hydrogen-bond donors (Lipinski definition) is 2. The summed E-state index contributed by atoms with van der Waals surface area (Å²) in [6.07, 6.45) is 4.53. The van der Waals surface area contributed by atoms with Crippen molar-refractivity contribution in [3.05, 3.63) is 35.9 Å². The maximum absolute atomic E-state index is 12.3. The Morgan fingerprint density at radius 1 is 1.32 bits per heavy atom. The normalized spacial score (nSPS) is 23.8. The Bertz CT molecular complexity index is 483. The van der Waals surface area contributed by atoms with Crippen LogP contribution in [0.25, 0.3) is 0 Å². The SMILES string of the molecule is CCC(C)(C)[C@@H]1CCC[C@H](NC(=O)[C@@H](O)c2ccccc2)C1. The van der Waals surface area contributed by atoms with Gasteiger partial charge in [0.05, 0.1) is 0 Å². The first-order chi connectivity index (χ1) is 10.4. The van der Waals surface area contributed by atoms with E-state index in [9.17, 15) is 9.90 Å². The van der Waals surface area contributed by atoms with Crippen molar-refractivity contribution in [1.82, 2.24) is 5.32 Å². The molecule has 2 N–H and O–H groups in total. The molecule has 3 heteroatoms. The third kappa shape index (κ3) is 4.10. The Morgan fingerprint density at radius 2 is 2.00 bits per heavy atom. The first-order valence-corrected chi connectivity index (χ1v) is 8.47. The number of hydrogen-bond acceptors (Lipinski definition) is 2. The van der Waals surface area contributed by atoms with Crippen molar-refractivity contribution in [2.45, 2.75) is 65.0 Å². The summed E-state index contributed by atoms with van der Waals surface area (Å²) in [5.74, 6) is 0.372. The number of aliphatic hydroxyl groups excluding tert-OH is 1. The summed E-state index contributed by atoms with van der Waals surface area (Å²) in [7, 11) is 0. The molecule has 0 saturated heterocycles. The molecule has 122 valence electrons. The van der Waals surface area contributed by atoms with Gasteiger partial charge in [0.25, 0.3) is 5.91 Å². The number of aliphatic hydroxyl groups is 1. The third-order valence-electron chi connectivity index (χ3n) is 5.40. The van der Waals surface area contributed by atoms with Crippen LogP contribution >= 0.6 is 0 Å². The van der Waals surface area contributed by atoms with Crippen LogP contribution in [0, 0.1) is 11.3 Å². The summed E-state index contributed by atoms with van der Waals surface area (Å²) in [6.45, 7) is 6.88. The van der Waals surface area contributed by atoms with Crippen molar-refractivity contribution in [2.24, 2.45) is 11.3 Å². The molecular formula is C19H29NO2. The second-order valence-corrected chi connectivity index (χ2v) is 7.22. The lowest BCUT2D eigenvalue weighted by atomic mass is 9.68. The van der Waals surface area contributed by atoms with Gasteiger partial charge < -0.3 is 10.4 Å². The van der Waals surface area contributed by atoms with Crippen LogP contribution in [0.5, 0.6) is 0 Å². The molecule has 1 amide bonds. The molecule has 0 heterocycles. The van der Waals surface area contributed by atoms with Gasteiger partial charge in [-0.05, 0) is 36.2 Å². The molecule has 1 saturated carbocycles. The molecule has 22 heavy (non-hydrogen) atoms. The topological polar surface area (TPSA) is 49.3 Å². The summed E-state index contributed by atoms with van der Waals surface area (Å²) in [5, 5.41) is 13.2. The number of benzene rings is 1. The molecule has 0 spiro atoms.